The Labute approximate surface area is 100 Å². The van der Waals surface area contributed by atoms with E-state index in [0.29, 0.717) is 6.04 Å². The molecule has 16 heavy (non-hydrogen) atoms. The molecule has 1 N–H and O–H groups in total. The highest BCUT2D eigenvalue weighted by Gasteiger charge is 2.32. The smallest absolute Gasteiger partial charge is 0.113 e. The fraction of sp³-hybridized carbons (Fsp3) is 0.500. The largest absolute Gasteiger partial charge is 0.296 e. The zero-order valence-electron chi connectivity index (χ0n) is 9.31. The molecule has 0 bridgehead atoms. The van der Waals surface area contributed by atoms with E-state index in [-0.39, 0.29) is 0 Å². The van der Waals surface area contributed by atoms with Crippen molar-refractivity contribution in [1.29, 1.82) is 5.26 Å². The number of nitrogens with one attached hydrogen (secondary N) is 1. The predicted octanol–water partition coefficient (Wildman–Crippen LogP) is 2.21. The maximum Gasteiger partial charge on any atom is 0.113 e. The number of nitriles is 1. The molecular weight excluding hydrogens is 218 g/mol. The average Bonchev–Trinajstić information content (AvgIpc) is 3.12. The summed E-state index contributed by atoms with van der Waals surface area (Å²) in [6, 6.07) is 6.87. The second-order valence-electron chi connectivity index (χ2n) is 4.33. The van der Waals surface area contributed by atoms with Crippen LogP contribution in [0.2, 0.25) is 0 Å². The van der Waals surface area contributed by atoms with Crippen LogP contribution >= 0.6 is 11.8 Å². The van der Waals surface area contributed by atoms with Gasteiger partial charge in [-0.1, -0.05) is 0 Å². The molecule has 0 saturated heterocycles. The first-order valence-electron chi connectivity index (χ1n) is 5.44. The number of thioether (sulfide) groups is 1. The van der Waals surface area contributed by atoms with Crippen LogP contribution in [0.1, 0.15) is 19.8 Å². The molecule has 1 aliphatic carbocycles. The Hall–Kier alpha value is -1.05. The molecule has 3 nitrogen and oxygen atoms in total. The van der Waals surface area contributed by atoms with Gasteiger partial charge in [0.1, 0.15) is 5.54 Å². The SMILES string of the molecule is CC(C#N)(CSc1ccncc1)NC1CC1. The summed E-state index contributed by atoms with van der Waals surface area (Å²) in [5.41, 5.74) is -0.422. The molecular formula is C12H15N3S. The third kappa shape index (κ3) is 3.22. The Morgan fingerprint density at radius 2 is 2.25 bits per heavy atom. The van der Waals surface area contributed by atoms with Gasteiger partial charge < -0.3 is 0 Å². The van der Waals surface area contributed by atoms with E-state index in [4.69, 9.17) is 0 Å². The molecule has 1 fully saturated rings. The van der Waals surface area contributed by atoms with Crippen molar-refractivity contribution in [3.63, 3.8) is 0 Å². The first kappa shape index (κ1) is 11.4. The third-order valence-electron chi connectivity index (χ3n) is 2.52. The summed E-state index contributed by atoms with van der Waals surface area (Å²) in [6.07, 6.45) is 5.97. The van der Waals surface area contributed by atoms with Gasteiger partial charge in [-0.2, -0.15) is 5.26 Å². The quantitative estimate of drug-likeness (QED) is 0.792. The van der Waals surface area contributed by atoms with Crippen molar-refractivity contribution < 1.29 is 0 Å². The molecule has 0 aliphatic heterocycles. The Morgan fingerprint density at radius 1 is 1.56 bits per heavy atom. The minimum Gasteiger partial charge on any atom is -0.296 e. The predicted molar refractivity (Wildman–Crippen MR) is 65.1 cm³/mol. The van der Waals surface area contributed by atoms with Gasteiger partial charge in [0.05, 0.1) is 6.07 Å². The van der Waals surface area contributed by atoms with Gasteiger partial charge in [0.15, 0.2) is 0 Å². The lowest BCUT2D eigenvalue weighted by molar-refractivity contribution is 0.490. The molecule has 0 spiro atoms. The van der Waals surface area contributed by atoms with Crippen LogP contribution in [0.5, 0.6) is 0 Å². The van der Waals surface area contributed by atoms with E-state index in [1.54, 1.807) is 24.2 Å². The van der Waals surface area contributed by atoms with Crippen molar-refractivity contribution in [2.24, 2.45) is 0 Å². The molecule has 0 aromatic carbocycles. The zero-order valence-corrected chi connectivity index (χ0v) is 10.1. The molecule has 84 valence electrons. The van der Waals surface area contributed by atoms with Crippen LogP contribution in [-0.2, 0) is 0 Å². The van der Waals surface area contributed by atoms with Gasteiger partial charge in [-0.15, -0.1) is 11.8 Å². The molecule has 0 amide bonds. The summed E-state index contributed by atoms with van der Waals surface area (Å²) in [5, 5.41) is 12.6. The third-order valence-corrected chi connectivity index (χ3v) is 3.85. The normalized spacial score (nSPS) is 18.8. The lowest BCUT2D eigenvalue weighted by atomic mass is 10.1. The van der Waals surface area contributed by atoms with E-state index in [2.05, 4.69) is 16.4 Å². The summed E-state index contributed by atoms with van der Waals surface area (Å²) >= 11 is 1.70. The van der Waals surface area contributed by atoms with Crippen LogP contribution in [0.4, 0.5) is 0 Å². The molecule has 1 heterocycles. The lowest BCUT2D eigenvalue weighted by Crippen LogP contribution is -2.44. The minimum atomic E-state index is -0.422. The maximum atomic E-state index is 9.20. The van der Waals surface area contributed by atoms with Crippen molar-refractivity contribution >= 4 is 11.8 Å². The highest BCUT2D eigenvalue weighted by atomic mass is 32.2. The Morgan fingerprint density at radius 3 is 2.81 bits per heavy atom. The van der Waals surface area contributed by atoms with E-state index in [1.807, 2.05) is 19.1 Å². The van der Waals surface area contributed by atoms with Crippen molar-refractivity contribution in [2.45, 2.75) is 36.2 Å². The highest BCUT2D eigenvalue weighted by Crippen LogP contribution is 2.26. The van der Waals surface area contributed by atoms with Gasteiger partial charge in [0.2, 0.25) is 0 Å². The van der Waals surface area contributed by atoms with Gasteiger partial charge in [-0.3, -0.25) is 10.3 Å². The topological polar surface area (TPSA) is 48.7 Å². The van der Waals surface area contributed by atoms with Gasteiger partial charge in [0, 0.05) is 29.1 Å². The van der Waals surface area contributed by atoms with Crippen LogP contribution in [0.25, 0.3) is 0 Å². The van der Waals surface area contributed by atoms with E-state index in [0.717, 1.165) is 10.6 Å². The molecule has 1 aliphatic rings. The van der Waals surface area contributed by atoms with Gasteiger partial charge in [-0.25, -0.2) is 0 Å². The van der Waals surface area contributed by atoms with Crippen LogP contribution < -0.4 is 5.32 Å². The van der Waals surface area contributed by atoms with E-state index >= 15 is 0 Å². The summed E-state index contributed by atoms with van der Waals surface area (Å²) in [4.78, 5) is 5.14. The van der Waals surface area contributed by atoms with E-state index < -0.39 is 5.54 Å². The van der Waals surface area contributed by atoms with Gasteiger partial charge in [-0.05, 0) is 31.9 Å². The summed E-state index contributed by atoms with van der Waals surface area (Å²) in [5.74, 6) is 0.768. The van der Waals surface area contributed by atoms with E-state index in [1.165, 1.54) is 12.8 Å². The maximum absolute atomic E-state index is 9.20. The summed E-state index contributed by atoms with van der Waals surface area (Å²) in [7, 11) is 0. The Kier molecular flexibility index (Phi) is 3.47. The molecule has 1 saturated carbocycles. The number of hydrogen-bond acceptors (Lipinski definition) is 4. The molecule has 1 aromatic rings. The standard InChI is InChI=1S/C12H15N3S/c1-12(8-13,15-10-2-3-10)9-16-11-4-6-14-7-5-11/h4-7,10,15H,2-3,9H2,1H3. The first-order valence-corrected chi connectivity index (χ1v) is 6.42. The first-order chi connectivity index (χ1) is 7.72. The number of nitrogens with zero attached hydrogens (tertiary/aromatic N) is 2. The van der Waals surface area contributed by atoms with Gasteiger partial charge >= 0.3 is 0 Å². The number of aromatic nitrogens is 1. The van der Waals surface area contributed by atoms with Crippen molar-refractivity contribution in [3.8, 4) is 6.07 Å². The summed E-state index contributed by atoms with van der Waals surface area (Å²) < 4.78 is 0. The monoisotopic (exact) mass is 233 g/mol. The zero-order chi connectivity index (χ0) is 11.4. The molecule has 0 radical (unpaired) electrons. The molecule has 1 aromatic heterocycles. The molecule has 4 heteroatoms. The van der Waals surface area contributed by atoms with Gasteiger partial charge in [0.25, 0.3) is 0 Å². The van der Waals surface area contributed by atoms with Crippen molar-refractivity contribution in [2.75, 3.05) is 5.75 Å². The van der Waals surface area contributed by atoms with Crippen molar-refractivity contribution in [3.05, 3.63) is 24.5 Å². The number of rotatable bonds is 5. The van der Waals surface area contributed by atoms with E-state index in [9.17, 15) is 5.26 Å². The fourth-order valence-corrected chi connectivity index (χ4v) is 2.36. The Bertz CT molecular complexity index is 383. The van der Waals surface area contributed by atoms with Crippen LogP contribution in [0, 0.1) is 11.3 Å². The molecule has 1 atom stereocenters. The highest BCUT2D eigenvalue weighted by molar-refractivity contribution is 7.99. The second-order valence-corrected chi connectivity index (χ2v) is 5.38. The number of hydrogen-bond donors (Lipinski definition) is 1. The minimum absolute atomic E-state index is 0.422. The summed E-state index contributed by atoms with van der Waals surface area (Å²) in [6.45, 7) is 1.97. The van der Waals surface area contributed by atoms with Crippen LogP contribution in [0.3, 0.4) is 0 Å². The number of pyridine rings is 1. The molecule has 1 unspecified atom stereocenters. The molecule has 2 rings (SSSR count). The van der Waals surface area contributed by atoms with Crippen LogP contribution in [-0.4, -0.2) is 22.3 Å². The van der Waals surface area contributed by atoms with Crippen molar-refractivity contribution in [1.82, 2.24) is 10.3 Å². The van der Waals surface area contributed by atoms with Crippen LogP contribution in [0.15, 0.2) is 29.4 Å². The Balaban J connectivity index is 1.89. The fourth-order valence-electron chi connectivity index (χ4n) is 1.45. The lowest BCUT2D eigenvalue weighted by Gasteiger charge is -2.22. The average molecular weight is 233 g/mol. The second kappa shape index (κ2) is 4.86.